The topological polar surface area (TPSA) is 75.6 Å². The second-order valence-corrected chi connectivity index (χ2v) is 6.38. The van der Waals surface area contributed by atoms with Crippen LogP contribution in [0.5, 0.6) is 0 Å². The first-order chi connectivity index (χ1) is 9.54. The maximum atomic E-state index is 8.89. The van der Waals surface area contributed by atoms with Crippen molar-refractivity contribution in [2.75, 3.05) is 0 Å². The van der Waals surface area contributed by atoms with Gasteiger partial charge < -0.3 is 4.52 Å². The smallest absolute Gasteiger partial charge is 0.227 e. The van der Waals surface area contributed by atoms with Crippen molar-refractivity contribution in [1.29, 1.82) is 5.26 Å². The summed E-state index contributed by atoms with van der Waals surface area (Å²) < 4.78 is 5.29. The normalized spacial score (nSPS) is 13.9. The molecule has 6 heteroatoms. The summed E-state index contributed by atoms with van der Waals surface area (Å²) in [6.07, 6.45) is 2.63. The van der Waals surface area contributed by atoms with Gasteiger partial charge in [0, 0.05) is 18.2 Å². The van der Waals surface area contributed by atoms with Gasteiger partial charge >= 0.3 is 0 Å². The third-order valence-electron chi connectivity index (χ3n) is 3.45. The highest BCUT2D eigenvalue weighted by molar-refractivity contribution is 7.09. The van der Waals surface area contributed by atoms with E-state index in [9.17, 15) is 0 Å². The number of hydrogen-bond donors (Lipinski definition) is 0. The molecule has 0 radical (unpaired) electrons. The molecule has 0 fully saturated rings. The molecule has 0 amide bonds. The van der Waals surface area contributed by atoms with Crippen LogP contribution < -0.4 is 0 Å². The molecule has 1 unspecified atom stereocenters. The minimum absolute atomic E-state index is 0.101. The third kappa shape index (κ3) is 3.64. The third-order valence-corrected chi connectivity index (χ3v) is 4.28. The minimum Gasteiger partial charge on any atom is -0.339 e. The van der Waals surface area contributed by atoms with Crippen molar-refractivity contribution in [2.24, 2.45) is 5.41 Å². The average molecular weight is 290 g/mol. The number of aryl methyl sites for hydroxylation is 1. The average Bonchev–Trinajstić information content (AvgIpc) is 3.00. The zero-order valence-electron chi connectivity index (χ0n) is 12.0. The van der Waals surface area contributed by atoms with E-state index < -0.39 is 0 Å². The Hall–Kier alpha value is -1.74. The maximum Gasteiger partial charge on any atom is 0.227 e. The lowest BCUT2D eigenvalue weighted by atomic mass is 9.81. The van der Waals surface area contributed by atoms with E-state index in [1.54, 1.807) is 11.3 Å². The van der Waals surface area contributed by atoms with E-state index in [4.69, 9.17) is 9.78 Å². The van der Waals surface area contributed by atoms with E-state index in [0.29, 0.717) is 31.0 Å². The molecule has 0 aliphatic rings. The number of hydrogen-bond acceptors (Lipinski definition) is 6. The monoisotopic (exact) mass is 290 g/mol. The van der Waals surface area contributed by atoms with Crippen LogP contribution in [0.1, 0.15) is 49.1 Å². The molecular weight excluding hydrogens is 272 g/mol. The summed E-state index contributed by atoms with van der Waals surface area (Å²) in [7, 11) is 0. The van der Waals surface area contributed by atoms with Crippen LogP contribution in [0.4, 0.5) is 0 Å². The molecule has 0 saturated heterocycles. The Bertz CT molecular complexity index is 613. The summed E-state index contributed by atoms with van der Waals surface area (Å²) in [4.78, 5) is 8.80. The van der Waals surface area contributed by atoms with Crippen molar-refractivity contribution in [3.63, 3.8) is 0 Å². The van der Waals surface area contributed by atoms with Crippen molar-refractivity contribution in [2.45, 2.75) is 46.5 Å². The van der Waals surface area contributed by atoms with Gasteiger partial charge in [0.05, 0.1) is 23.2 Å². The van der Waals surface area contributed by atoms with Crippen molar-refractivity contribution in [1.82, 2.24) is 15.1 Å². The highest BCUT2D eigenvalue weighted by Crippen LogP contribution is 2.29. The van der Waals surface area contributed by atoms with E-state index in [0.717, 1.165) is 17.1 Å². The summed E-state index contributed by atoms with van der Waals surface area (Å²) in [5.41, 5.74) is 0.866. The van der Waals surface area contributed by atoms with Crippen molar-refractivity contribution in [3.8, 4) is 6.07 Å². The Kier molecular flexibility index (Phi) is 4.50. The zero-order valence-corrected chi connectivity index (χ0v) is 12.8. The maximum absolute atomic E-state index is 8.89. The van der Waals surface area contributed by atoms with Gasteiger partial charge in [0.15, 0.2) is 5.82 Å². The second-order valence-electron chi connectivity index (χ2n) is 5.31. The molecule has 0 spiro atoms. The van der Waals surface area contributed by atoms with E-state index in [-0.39, 0.29) is 5.41 Å². The Labute approximate surface area is 122 Å². The highest BCUT2D eigenvalue weighted by atomic mass is 32.1. The number of nitriles is 1. The largest absolute Gasteiger partial charge is 0.339 e. The van der Waals surface area contributed by atoms with Gasteiger partial charge in [-0.25, -0.2) is 4.98 Å². The molecule has 1 atom stereocenters. The molecule has 0 aliphatic heterocycles. The molecule has 0 N–H and O–H groups in total. The van der Waals surface area contributed by atoms with Crippen LogP contribution in [0.25, 0.3) is 0 Å². The Morgan fingerprint density at radius 2 is 2.25 bits per heavy atom. The standard InChI is InChI=1S/C14H18N4OS/c1-4-14(3,5-6-15)8-13-17-12(18-19-13)7-11-9-20-10(2)16-11/h9H,4-5,7-8H2,1-3H3. The number of nitrogens with zero attached hydrogens (tertiary/aromatic N) is 4. The van der Waals surface area contributed by atoms with Crippen molar-refractivity contribution in [3.05, 3.63) is 27.8 Å². The van der Waals surface area contributed by atoms with E-state index in [2.05, 4.69) is 35.0 Å². The van der Waals surface area contributed by atoms with E-state index in [1.807, 2.05) is 12.3 Å². The van der Waals surface area contributed by atoms with Gasteiger partial charge in [-0.2, -0.15) is 10.2 Å². The molecule has 20 heavy (non-hydrogen) atoms. The van der Waals surface area contributed by atoms with Crippen LogP contribution in [0.2, 0.25) is 0 Å². The van der Waals surface area contributed by atoms with Crippen LogP contribution in [-0.4, -0.2) is 15.1 Å². The van der Waals surface area contributed by atoms with Crippen LogP contribution in [0.15, 0.2) is 9.90 Å². The number of thiazole rings is 1. The molecule has 2 aromatic rings. The molecule has 5 nitrogen and oxygen atoms in total. The van der Waals surface area contributed by atoms with Gasteiger partial charge in [-0.15, -0.1) is 11.3 Å². The molecule has 0 aromatic carbocycles. The van der Waals surface area contributed by atoms with Crippen LogP contribution >= 0.6 is 11.3 Å². The summed E-state index contributed by atoms with van der Waals surface area (Å²) in [6.45, 7) is 6.13. The van der Waals surface area contributed by atoms with Gasteiger partial charge in [0.1, 0.15) is 0 Å². The predicted molar refractivity (Wildman–Crippen MR) is 76.3 cm³/mol. The summed E-state index contributed by atoms with van der Waals surface area (Å²) >= 11 is 1.62. The highest BCUT2D eigenvalue weighted by Gasteiger charge is 2.25. The molecule has 0 aliphatic carbocycles. The van der Waals surface area contributed by atoms with Crippen LogP contribution in [0, 0.1) is 23.7 Å². The van der Waals surface area contributed by atoms with Crippen LogP contribution in [-0.2, 0) is 12.8 Å². The number of rotatable bonds is 6. The fraction of sp³-hybridized carbons (Fsp3) is 0.571. The molecule has 2 heterocycles. The summed E-state index contributed by atoms with van der Waals surface area (Å²) in [5, 5.41) is 15.9. The predicted octanol–water partition coefficient (Wildman–Crippen LogP) is 3.30. The first kappa shape index (κ1) is 14.7. The quantitative estimate of drug-likeness (QED) is 0.816. The first-order valence-corrected chi connectivity index (χ1v) is 7.52. The molecule has 0 bridgehead atoms. The molecule has 106 valence electrons. The van der Waals surface area contributed by atoms with E-state index >= 15 is 0 Å². The SMILES string of the molecule is CCC(C)(CC#N)Cc1nc(Cc2csc(C)n2)no1. The minimum atomic E-state index is -0.101. The lowest BCUT2D eigenvalue weighted by molar-refractivity contribution is 0.265. The van der Waals surface area contributed by atoms with Crippen molar-refractivity contribution < 1.29 is 4.52 Å². The Balaban J connectivity index is 2.03. The fourth-order valence-electron chi connectivity index (χ4n) is 1.95. The zero-order chi connectivity index (χ0) is 14.6. The molecular formula is C14H18N4OS. The lowest BCUT2D eigenvalue weighted by Gasteiger charge is -2.22. The van der Waals surface area contributed by atoms with E-state index in [1.165, 1.54) is 0 Å². The van der Waals surface area contributed by atoms with Crippen molar-refractivity contribution >= 4 is 11.3 Å². The van der Waals surface area contributed by atoms with Gasteiger partial charge in [-0.3, -0.25) is 0 Å². The van der Waals surface area contributed by atoms with Gasteiger partial charge in [-0.1, -0.05) is 19.0 Å². The molecule has 0 saturated carbocycles. The number of aromatic nitrogens is 3. The molecule has 2 aromatic heterocycles. The van der Waals surface area contributed by atoms with Gasteiger partial charge in [0.2, 0.25) is 5.89 Å². The van der Waals surface area contributed by atoms with Crippen LogP contribution in [0.3, 0.4) is 0 Å². The Morgan fingerprint density at radius 1 is 1.45 bits per heavy atom. The van der Waals surface area contributed by atoms with Gasteiger partial charge in [0.25, 0.3) is 0 Å². The van der Waals surface area contributed by atoms with Gasteiger partial charge in [-0.05, 0) is 18.8 Å². The second kappa shape index (κ2) is 6.14. The summed E-state index contributed by atoms with van der Waals surface area (Å²) in [6, 6.07) is 2.23. The lowest BCUT2D eigenvalue weighted by Crippen LogP contribution is -2.18. The first-order valence-electron chi connectivity index (χ1n) is 6.64. The Morgan fingerprint density at radius 3 is 2.85 bits per heavy atom. The summed E-state index contributed by atoms with van der Waals surface area (Å²) in [5.74, 6) is 1.26. The molecule has 2 rings (SSSR count). The fourth-order valence-corrected chi connectivity index (χ4v) is 2.57.